The van der Waals surface area contributed by atoms with E-state index < -0.39 is 0 Å². The van der Waals surface area contributed by atoms with E-state index in [0.717, 1.165) is 22.4 Å². The van der Waals surface area contributed by atoms with Crippen molar-refractivity contribution in [2.24, 2.45) is 0 Å². The van der Waals surface area contributed by atoms with Crippen molar-refractivity contribution < 1.29 is 9.47 Å². The number of aromatic nitrogens is 4. The summed E-state index contributed by atoms with van der Waals surface area (Å²) >= 11 is 1.63. The first-order valence-electron chi connectivity index (χ1n) is 6.54. The maximum atomic E-state index is 5.67. The number of methoxy groups -OCH3 is 1. The molecule has 0 unspecified atom stereocenters. The lowest BCUT2D eigenvalue weighted by Gasteiger charge is -2.06. The van der Waals surface area contributed by atoms with Crippen LogP contribution in [-0.2, 0) is 0 Å². The zero-order valence-corrected chi connectivity index (χ0v) is 12.0. The van der Waals surface area contributed by atoms with E-state index in [0.29, 0.717) is 12.6 Å². The molecule has 2 aromatic rings. The Morgan fingerprint density at radius 2 is 2.00 bits per heavy atom. The second kappa shape index (κ2) is 6.13. The van der Waals surface area contributed by atoms with Crippen LogP contribution in [-0.4, -0.2) is 39.7 Å². The van der Waals surface area contributed by atoms with Gasteiger partial charge in [-0.3, -0.25) is 0 Å². The molecule has 0 atom stereocenters. The van der Waals surface area contributed by atoms with Crippen molar-refractivity contribution in [2.75, 3.05) is 19.5 Å². The highest BCUT2D eigenvalue weighted by Gasteiger charge is 2.27. The third kappa shape index (κ3) is 3.22. The van der Waals surface area contributed by atoms with E-state index in [2.05, 4.69) is 15.5 Å². The molecule has 0 spiro atoms. The number of tetrazole rings is 1. The molecule has 1 aromatic heterocycles. The lowest BCUT2D eigenvalue weighted by atomic mass is 10.3. The number of nitrogens with zero attached hydrogens (tertiary/aromatic N) is 4. The van der Waals surface area contributed by atoms with Gasteiger partial charge in [-0.05, 0) is 47.5 Å². The Bertz CT molecular complexity index is 554. The van der Waals surface area contributed by atoms with Gasteiger partial charge in [0.2, 0.25) is 5.16 Å². The molecule has 0 saturated heterocycles. The van der Waals surface area contributed by atoms with Crippen LogP contribution < -0.4 is 9.47 Å². The number of ether oxygens (including phenoxy) is 2. The molecule has 1 saturated carbocycles. The zero-order valence-electron chi connectivity index (χ0n) is 11.2. The van der Waals surface area contributed by atoms with Gasteiger partial charge in [-0.1, -0.05) is 11.8 Å². The minimum absolute atomic E-state index is 0.509. The van der Waals surface area contributed by atoms with Crippen molar-refractivity contribution in [3.05, 3.63) is 24.3 Å². The van der Waals surface area contributed by atoms with Crippen molar-refractivity contribution in [1.29, 1.82) is 0 Å². The van der Waals surface area contributed by atoms with Crippen molar-refractivity contribution in [1.82, 2.24) is 20.2 Å². The number of rotatable bonds is 7. The Morgan fingerprint density at radius 1 is 1.25 bits per heavy atom. The van der Waals surface area contributed by atoms with E-state index in [1.807, 2.05) is 28.9 Å². The van der Waals surface area contributed by atoms with Gasteiger partial charge in [0.1, 0.15) is 11.5 Å². The summed E-state index contributed by atoms with van der Waals surface area (Å²) in [6, 6.07) is 8.08. The normalized spacial score (nSPS) is 14.2. The van der Waals surface area contributed by atoms with E-state index in [1.54, 1.807) is 18.9 Å². The molecule has 1 heterocycles. The predicted octanol–water partition coefficient (Wildman–Crippen LogP) is 2.19. The first-order chi connectivity index (χ1) is 9.86. The minimum Gasteiger partial charge on any atom is -0.497 e. The Hall–Kier alpha value is -1.76. The van der Waals surface area contributed by atoms with Crippen molar-refractivity contribution in [3.8, 4) is 11.5 Å². The van der Waals surface area contributed by atoms with Crippen LogP contribution in [0, 0.1) is 0 Å². The molecule has 1 fully saturated rings. The second-order valence-corrected chi connectivity index (χ2v) is 5.57. The first-order valence-corrected chi connectivity index (χ1v) is 7.53. The van der Waals surface area contributed by atoms with Crippen LogP contribution >= 0.6 is 11.8 Å². The molecule has 0 radical (unpaired) electrons. The van der Waals surface area contributed by atoms with Crippen molar-refractivity contribution in [3.63, 3.8) is 0 Å². The molecule has 0 bridgehead atoms. The molecule has 7 heteroatoms. The summed E-state index contributed by atoms with van der Waals surface area (Å²) in [5.41, 5.74) is 0. The molecular formula is C13H16N4O2S. The summed E-state index contributed by atoms with van der Waals surface area (Å²) in [5.74, 6) is 2.49. The molecule has 1 aliphatic rings. The van der Waals surface area contributed by atoms with Gasteiger partial charge in [0.15, 0.2) is 0 Å². The van der Waals surface area contributed by atoms with E-state index in [-0.39, 0.29) is 0 Å². The molecule has 0 aliphatic heterocycles. The van der Waals surface area contributed by atoms with E-state index in [9.17, 15) is 0 Å². The van der Waals surface area contributed by atoms with Gasteiger partial charge < -0.3 is 9.47 Å². The number of hydrogen-bond acceptors (Lipinski definition) is 6. The summed E-state index contributed by atoms with van der Waals surface area (Å²) in [6.45, 7) is 0.620. The molecule has 0 amide bonds. The van der Waals surface area contributed by atoms with Crippen LogP contribution in [0.2, 0.25) is 0 Å². The van der Waals surface area contributed by atoms with Gasteiger partial charge in [0.25, 0.3) is 0 Å². The first kappa shape index (κ1) is 13.2. The van der Waals surface area contributed by atoms with E-state index in [1.165, 1.54) is 12.8 Å². The zero-order chi connectivity index (χ0) is 13.8. The molecule has 20 heavy (non-hydrogen) atoms. The topological polar surface area (TPSA) is 62.1 Å². The summed E-state index contributed by atoms with van der Waals surface area (Å²) in [4.78, 5) is 0. The molecule has 1 aromatic carbocycles. The molecule has 6 nitrogen and oxygen atoms in total. The smallest absolute Gasteiger partial charge is 0.209 e. The lowest BCUT2D eigenvalue weighted by molar-refractivity contribution is 0.342. The van der Waals surface area contributed by atoms with Gasteiger partial charge in [0.05, 0.1) is 19.8 Å². The highest BCUT2D eigenvalue weighted by Crippen LogP contribution is 2.36. The highest BCUT2D eigenvalue weighted by atomic mass is 32.2. The van der Waals surface area contributed by atoms with Crippen LogP contribution in [0.5, 0.6) is 11.5 Å². The third-order valence-corrected chi connectivity index (χ3v) is 3.90. The standard InChI is InChI=1S/C13H16N4O2S/c1-18-11-4-6-12(7-5-11)19-8-9-20-13-14-15-16-17(13)10-2-3-10/h4-7,10H,2-3,8-9H2,1H3. The molecule has 106 valence electrons. The van der Waals surface area contributed by atoms with Crippen LogP contribution in [0.15, 0.2) is 29.4 Å². The van der Waals surface area contributed by atoms with Crippen LogP contribution in [0.1, 0.15) is 18.9 Å². The Balaban J connectivity index is 1.44. The Kier molecular flexibility index (Phi) is 4.05. The highest BCUT2D eigenvalue weighted by molar-refractivity contribution is 7.99. The Labute approximate surface area is 121 Å². The van der Waals surface area contributed by atoms with Gasteiger partial charge in [-0.25, -0.2) is 4.68 Å². The van der Waals surface area contributed by atoms with Crippen LogP contribution in [0.3, 0.4) is 0 Å². The number of thioether (sulfide) groups is 1. The third-order valence-electron chi connectivity index (χ3n) is 3.00. The maximum absolute atomic E-state index is 5.67. The van der Waals surface area contributed by atoms with Gasteiger partial charge in [-0.2, -0.15) is 0 Å². The molecule has 3 rings (SSSR count). The van der Waals surface area contributed by atoms with Crippen molar-refractivity contribution >= 4 is 11.8 Å². The van der Waals surface area contributed by atoms with Gasteiger partial charge in [0, 0.05) is 5.75 Å². The largest absolute Gasteiger partial charge is 0.497 e. The van der Waals surface area contributed by atoms with E-state index >= 15 is 0 Å². The summed E-state index contributed by atoms with van der Waals surface area (Å²) in [6.07, 6.45) is 2.36. The second-order valence-electron chi connectivity index (χ2n) is 4.51. The fourth-order valence-corrected chi connectivity index (χ4v) is 2.55. The predicted molar refractivity (Wildman–Crippen MR) is 75.3 cm³/mol. The number of benzene rings is 1. The van der Waals surface area contributed by atoms with Gasteiger partial charge in [-0.15, -0.1) is 5.10 Å². The SMILES string of the molecule is COc1ccc(OCCSc2nnnn2C2CC2)cc1. The summed E-state index contributed by atoms with van der Waals surface area (Å²) in [7, 11) is 1.65. The van der Waals surface area contributed by atoms with E-state index in [4.69, 9.17) is 9.47 Å². The average molecular weight is 292 g/mol. The average Bonchev–Trinajstić information content (AvgIpc) is 3.23. The van der Waals surface area contributed by atoms with Crippen LogP contribution in [0.4, 0.5) is 0 Å². The summed E-state index contributed by atoms with van der Waals surface area (Å²) < 4.78 is 12.7. The number of hydrogen-bond donors (Lipinski definition) is 0. The monoisotopic (exact) mass is 292 g/mol. The maximum Gasteiger partial charge on any atom is 0.209 e. The van der Waals surface area contributed by atoms with Crippen molar-refractivity contribution in [2.45, 2.75) is 24.0 Å². The molecular weight excluding hydrogens is 276 g/mol. The molecule has 0 N–H and O–H groups in total. The summed E-state index contributed by atoms with van der Waals surface area (Å²) in [5, 5.41) is 12.7. The molecule has 1 aliphatic carbocycles. The minimum atomic E-state index is 0.509. The van der Waals surface area contributed by atoms with Crippen LogP contribution in [0.25, 0.3) is 0 Å². The lowest BCUT2D eigenvalue weighted by Crippen LogP contribution is -2.03. The van der Waals surface area contributed by atoms with Gasteiger partial charge >= 0.3 is 0 Å². The fourth-order valence-electron chi connectivity index (χ4n) is 1.79. The fraction of sp³-hybridized carbons (Fsp3) is 0.462. The Morgan fingerprint density at radius 3 is 2.70 bits per heavy atom. The quantitative estimate of drug-likeness (QED) is 0.576.